The summed E-state index contributed by atoms with van der Waals surface area (Å²) in [4.78, 5) is 0.156. The molecule has 0 unspecified atom stereocenters. The van der Waals surface area contributed by atoms with Crippen LogP contribution in [0.4, 0.5) is 0 Å². The minimum absolute atomic E-state index is 0.156. The summed E-state index contributed by atoms with van der Waals surface area (Å²) in [6.45, 7) is 1.72. The number of nitrogens with two attached hydrogens (primary N) is 1. The van der Waals surface area contributed by atoms with Crippen LogP contribution in [0, 0.1) is 0 Å². The zero-order chi connectivity index (χ0) is 12.7. The quantitative estimate of drug-likeness (QED) is 0.732. The second-order valence-electron chi connectivity index (χ2n) is 3.71. The van der Waals surface area contributed by atoms with Gasteiger partial charge in [0.2, 0.25) is 10.0 Å². The second-order valence-corrected chi connectivity index (χ2v) is 6.26. The minimum Gasteiger partial charge on any atom is -0.313 e. The van der Waals surface area contributed by atoms with E-state index in [-0.39, 0.29) is 4.90 Å². The molecule has 0 aliphatic rings. The van der Waals surface area contributed by atoms with Gasteiger partial charge in [0.25, 0.3) is 0 Å². The molecule has 0 fully saturated rings. The Labute approximate surface area is 107 Å². The van der Waals surface area contributed by atoms with Gasteiger partial charge in [-0.15, -0.1) is 0 Å². The number of hydrogen-bond donors (Lipinski definition) is 2. The summed E-state index contributed by atoms with van der Waals surface area (Å²) in [5, 5.41) is 8.32. The average molecular weight is 274 g/mol. The van der Waals surface area contributed by atoms with Crippen LogP contribution in [0.2, 0.25) is 0 Å². The fourth-order valence-electron chi connectivity index (χ4n) is 1.37. The van der Waals surface area contributed by atoms with E-state index in [0.717, 1.165) is 30.8 Å². The summed E-state index contributed by atoms with van der Waals surface area (Å²) in [5.41, 5.74) is 1.06. The normalized spacial score (nSPS) is 11.6. The minimum atomic E-state index is -3.58. The lowest BCUT2D eigenvalue weighted by atomic mass is 10.2. The summed E-state index contributed by atoms with van der Waals surface area (Å²) >= 11 is 1.83. The van der Waals surface area contributed by atoms with E-state index in [9.17, 15) is 8.42 Å². The van der Waals surface area contributed by atoms with Crippen LogP contribution in [-0.4, -0.2) is 27.0 Å². The Balaban J connectivity index is 2.41. The molecule has 3 N–H and O–H groups in total. The molecule has 0 saturated heterocycles. The molecule has 1 aromatic rings. The van der Waals surface area contributed by atoms with E-state index >= 15 is 0 Å². The van der Waals surface area contributed by atoms with Crippen molar-refractivity contribution in [3.8, 4) is 0 Å². The molecule has 0 atom stereocenters. The van der Waals surface area contributed by atoms with Crippen LogP contribution in [0.5, 0.6) is 0 Å². The third-order valence-corrected chi connectivity index (χ3v) is 3.91. The fraction of sp³-hybridized carbons (Fsp3) is 0.455. The van der Waals surface area contributed by atoms with Crippen LogP contribution in [0.3, 0.4) is 0 Å². The number of primary sulfonamides is 1. The van der Waals surface area contributed by atoms with E-state index in [1.54, 1.807) is 12.1 Å². The van der Waals surface area contributed by atoms with Gasteiger partial charge in [0.05, 0.1) is 4.90 Å². The molecule has 0 aromatic heterocycles. The lowest BCUT2D eigenvalue weighted by Crippen LogP contribution is -2.16. The third-order valence-electron chi connectivity index (χ3n) is 2.28. The molecule has 0 aliphatic heterocycles. The Morgan fingerprint density at radius 2 is 1.94 bits per heavy atom. The van der Waals surface area contributed by atoms with E-state index in [1.165, 1.54) is 12.1 Å². The smallest absolute Gasteiger partial charge is 0.238 e. The van der Waals surface area contributed by atoms with Crippen LogP contribution in [0.15, 0.2) is 29.2 Å². The Morgan fingerprint density at radius 1 is 1.29 bits per heavy atom. The lowest BCUT2D eigenvalue weighted by molar-refractivity contribution is 0.597. The number of thioether (sulfide) groups is 1. The van der Waals surface area contributed by atoms with Gasteiger partial charge in [-0.1, -0.05) is 12.1 Å². The molecular formula is C11H18N2O2S2. The van der Waals surface area contributed by atoms with E-state index in [4.69, 9.17) is 5.14 Å². The van der Waals surface area contributed by atoms with Crippen LogP contribution in [-0.2, 0) is 16.6 Å². The van der Waals surface area contributed by atoms with Crippen molar-refractivity contribution in [2.75, 3.05) is 18.6 Å². The van der Waals surface area contributed by atoms with E-state index < -0.39 is 10.0 Å². The number of nitrogens with one attached hydrogen (secondary N) is 1. The number of hydrogen-bond acceptors (Lipinski definition) is 4. The molecule has 0 radical (unpaired) electrons. The van der Waals surface area contributed by atoms with Crippen molar-refractivity contribution >= 4 is 21.8 Å². The molecule has 0 bridgehead atoms. The highest BCUT2D eigenvalue weighted by Crippen LogP contribution is 2.08. The van der Waals surface area contributed by atoms with Crippen LogP contribution in [0.25, 0.3) is 0 Å². The number of sulfonamides is 1. The first-order valence-corrected chi connectivity index (χ1v) is 8.29. The maximum Gasteiger partial charge on any atom is 0.238 e. The van der Waals surface area contributed by atoms with Crippen molar-refractivity contribution in [2.24, 2.45) is 5.14 Å². The van der Waals surface area contributed by atoms with Crippen molar-refractivity contribution in [3.63, 3.8) is 0 Å². The first-order valence-electron chi connectivity index (χ1n) is 5.35. The maximum atomic E-state index is 11.0. The Morgan fingerprint density at radius 3 is 2.47 bits per heavy atom. The Hall–Kier alpha value is -0.560. The Kier molecular flexibility index (Phi) is 5.97. The molecule has 4 nitrogen and oxygen atoms in total. The molecule has 96 valence electrons. The van der Waals surface area contributed by atoms with E-state index in [1.807, 2.05) is 11.8 Å². The van der Waals surface area contributed by atoms with Crippen molar-refractivity contribution < 1.29 is 8.42 Å². The molecule has 0 aliphatic carbocycles. The maximum absolute atomic E-state index is 11.0. The molecule has 1 aromatic carbocycles. The lowest BCUT2D eigenvalue weighted by Gasteiger charge is -2.05. The van der Waals surface area contributed by atoms with Crippen LogP contribution < -0.4 is 10.5 Å². The Bertz CT molecular complexity index is 429. The zero-order valence-corrected chi connectivity index (χ0v) is 11.5. The van der Waals surface area contributed by atoms with Gasteiger partial charge in [-0.25, -0.2) is 13.6 Å². The predicted octanol–water partition coefficient (Wildman–Crippen LogP) is 1.18. The summed E-state index contributed by atoms with van der Waals surface area (Å²) in [6.07, 6.45) is 3.22. The second kappa shape index (κ2) is 7.00. The molecule has 0 heterocycles. The van der Waals surface area contributed by atoms with Gasteiger partial charge in [0.15, 0.2) is 0 Å². The third kappa shape index (κ3) is 5.54. The van der Waals surface area contributed by atoms with Gasteiger partial charge >= 0.3 is 0 Å². The number of benzene rings is 1. The molecular weight excluding hydrogens is 256 g/mol. The summed E-state index contributed by atoms with van der Waals surface area (Å²) in [7, 11) is -3.58. The van der Waals surface area contributed by atoms with Crippen molar-refractivity contribution in [2.45, 2.75) is 17.9 Å². The van der Waals surface area contributed by atoms with Crippen molar-refractivity contribution in [1.29, 1.82) is 0 Å². The van der Waals surface area contributed by atoms with Crippen molar-refractivity contribution in [1.82, 2.24) is 5.32 Å². The van der Waals surface area contributed by atoms with E-state index in [2.05, 4.69) is 11.6 Å². The molecule has 1 rings (SSSR count). The highest BCUT2D eigenvalue weighted by atomic mass is 32.2. The standard InChI is InChI=1S/C11H18N2O2S2/c1-16-8-2-7-13-9-10-3-5-11(6-4-10)17(12,14)15/h3-6,13H,2,7-9H2,1H3,(H2,12,14,15). The fourth-order valence-corrected chi connectivity index (χ4v) is 2.32. The van der Waals surface area contributed by atoms with Gasteiger partial charge in [-0.05, 0) is 42.7 Å². The largest absolute Gasteiger partial charge is 0.313 e. The molecule has 6 heteroatoms. The highest BCUT2D eigenvalue weighted by Gasteiger charge is 2.06. The molecule has 17 heavy (non-hydrogen) atoms. The number of rotatable bonds is 7. The van der Waals surface area contributed by atoms with Crippen LogP contribution >= 0.6 is 11.8 Å². The predicted molar refractivity (Wildman–Crippen MR) is 72.5 cm³/mol. The highest BCUT2D eigenvalue weighted by molar-refractivity contribution is 7.98. The first kappa shape index (κ1) is 14.5. The molecule has 0 amide bonds. The molecule has 0 spiro atoms. The van der Waals surface area contributed by atoms with Crippen molar-refractivity contribution in [3.05, 3.63) is 29.8 Å². The van der Waals surface area contributed by atoms with Gasteiger partial charge in [0.1, 0.15) is 0 Å². The average Bonchev–Trinajstić information content (AvgIpc) is 2.28. The first-order chi connectivity index (χ1) is 8.04. The summed E-state index contributed by atoms with van der Waals surface area (Å²) in [5.74, 6) is 1.15. The zero-order valence-electron chi connectivity index (χ0n) is 9.85. The topological polar surface area (TPSA) is 72.2 Å². The van der Waals surface area contributed by atoms with Crippen LogP contribution in [0.1, 0.15) is 12.0 Å². The monoisotopic (exact) mass is 274 g/mol. The van der Waals surface area contributed by atoms with Gasteiger partial charge in [0, 0.05) is 6.54 Å². The summed E-state index contributed by atoms with van der Waals surface area (Å²) in [6, 6.07) is 6.63. The summed E-state index contributed by atoms with van der Waals surface area (Å²) < 4.78 is 22.1. The van der Waals surface area contributed by atoms with E-state index in [0.29, 0.717) is 0 Å². The van der Waals surface area contributed by atoms with Gasteiger partial charge in [-0.3, -0.25) is 0 Å². The van der Waals surface area contributed by atoms with Gasteiger partial charge in [-0.2, -0.15) is 11.8 Å². The molecule has 0 saturated carbocycles. The SMILES string of the molecule is CSCCCNCc1ccc(S(N)(=O)=O)cc1. The van der Waals surface area contributed by atoms with Gasteiger partial charge < -0.3 is 5.32 Å².